The maximum absolute atomic E-state index is 11.2. The predicted octanol–water partition coefficient (Wildman–Crippen LogP) is 0.603. The summed E-state index contributed by atoms with van der Waals surface area (Å²) in [6.45, 7) is 1.63. The van der Waals surface area contributed by atoms with E-state index in [1.54, 1.807) is 31.2 Å². The van der Waals surface area contributed by atoms with E-state index in [1.807, 2.05) is 0 Å². The first-order chi connectivity index (χ1) is 8.70. The summed E-state index contributed by atoms with van der Waals surface area (Å²) in [5.74, 6) is 0.157. The molecule has 1 aromatic heterocycles. The zero-order valence-corrected chi connectivity index (χ0v) is 9.98. The highest BCUT2D eigenvalue weighted by atomic mass is 16.6. The fourth-order valence-corrected chi connectivity index (χ4v) is 1.38. The third-order valence-corrected chi connectivity index (χ3v) is 2.30. The Morgan fingerprint density at radius 1 is 1.33 bits per heavy atom. The maximum atomic E-state index is 11.2. The number of hydrogen-bond donors (Lipinski definition) is 0. The molecule has 1 heterocycles. The van der Waals surface area contributed by atoms with Crippen LogP contribution in [-0.2, 0) is 9.53 Å². The number of methoxy groups -OCH3 is 1. The van der Waals surface area contributed by atoms with Gasteiger partial charge in [0.15, 0.2) is 6.10 Å². The lowest BCUT2D eigenvalue weighted by molar-refractivity contribution is -0.147. The molecule has 0 aliphatic heterocycles. The molecule has 0 fully saturated rings. The smallest absolute Gasteiger partial charge is 0.346 e. The number of nitrogens with zero attached hydrogens (tertiary/aromatic N) is 4. The van der Waals surface area contributed by atoms with Crippen molar-refractivity contribution in [1.29, 1.82) is 0 Å². The lowest BCUT2D eigenvalue weighted by Gasteiger charge is -2.12. The van der Waals surface area contributed by atoms with Crippen LogP contribution < -0.4 is 4.74 Å². The molecule has 0 unspecified atom stereocenters. The molecule has 7 nitrogen and oxygen atoms in total. The molecule has 2 aromatic rings. The highest BCUT2D eigenvalue weighted by Gasteiger charge is 2.14. The van der Waals surface area contributed by atoms with Gasteiger partial charge in [0.25, 0.3) is 0 Å². The van der Waals surface area contributed by atoms with Crippen molar-refractivity contribution in [2.24, 2.45) is 0 Å². The van der Waals surface area contributed by atoms with E-state index in [0.717, 1.165) is 5.69 Å². The topological polar surface area (TPSA) is 79.1 Å². The van der Waals surface area contributed by atoms with Crippen molar-refractivity contribution in [3.05, 3.63) is 30.6 Å². The normalized spacial score (nSPS) is 11.9. The first-order valence-corrected chi connectivity index (χ1v) is 5.28. The molecule has 94 valence electrons. The molecule has 0 amide bonds. The summed E-state index contributed by atoms with van der Waals surface area (Å²) < 4.78 is 11.5. The van der Waals surface area contributed by atoms with Gasteiger partial charge in [0.2, 0.25) is 0 Å². The number of hydrogen-bond acceptors (Lipinski definition) is 6. The second-order valence-electron chi connectivity index (χ2n) is 3.53. The summed E-state index contributed by atoms with van der Waals surface area (Å²) in [4.78, 5) is 11.2. The minimum Gasteiger partial charge on any atom is -0.479 e. The molecule has 1 aromatic carbocycles. The predicted molar refractivity (Wildman–Crippen MR) is 61.3 cm³/mol. The van der Waals surface area contributed by atoms with Crippen LogP contribution in [0.25, 0.3) is 5.69 Å². The van der Waals surface area contributed by atoms with Gasteiger partial charge in [0.05, 0.1) is 12.8 Å². The number of tetrazole rings is 1. The first kappa shape index (κ1) is 12.0. The van der Waals surface area contributed by atoms with E-state index in [4.69, 9.17) is 4.74 Å². The summed E-state index contributed by atoms with van der Waals surface area (Å²) in [5, 5.41) is 10.8. The van der Waals surface area contributed by atoms with Gasteiger partial charge in [0.1, 0.15) is 12.1 Å². The van der Waals surface area contributed by atoms with Gasteiger partial charge in [0, 0.05) is 0 Å². The molecule has 1 atom stereocenters. The van der Waals surface area contributed by atoms with E-state index < -0.39 is 12.1 Å². The third kappa shape index (κ3) is 2.62. The van der Waals surface area contributed by atoms with E-state index in [-0.39, 0.29) is 0 Å². The Kier molecular flexibility index (Phi) is 3.52. The van der Waals surface area contributed by atoms with Crippen LogP contribution in [0.2, 0.25) is 0 Å². The fraction of sp³-hybridized carbons (Fsp3) is 0.273. The summed E-state index contributed by atoms with van der Waals surface area (Å²) >= 11 is 0. The van der Waals surface area contributed by atoms with Gasteiger partial charge in [-0.1, -0.05) is 0 Å². The molecule has 7 heteroatoms. The Morgan fingerprint density at radius 3 is 2.61 bits per heavy atom. The van der Waals surface area contributed by atoms with Crippen molar-refractivity contribution in [2.45, 2.75) is 13.0 Å². The Morgan fingerprint density at radius 2 is 2.06 bits per heavy atom. The third-order valence-electron chi connectivity index (χ3n) is 2.30. The molecule has 0 radical (unpaired) electrons. The van der Waals surface area contributed by atoms with Gasteiger partial charge in [-0.2, -0.15) is 0 Å². The molecule has 0 aliphatic rings. The summed E-state index contributed by atoms with van der Waals surface area (Å²) in [7, 11) is 1.32. The molecular weight excluding hydrogens is 236 g/mol. The highest BCUT2D eigenvalue weighted by molar-refractivity contribution is 5.74. The van der Waals surface area contributed by atoms with Gasteiger partial charge in [-0.15, -0.1) is 5.10 Å². The molecule has 0 N–H and O–H groups in total. The van der Waals surface area contributed by atoms with Gasteiger partial charge in [-0.3, -0.25) is 0 Å². The summed E-state index contributed by atoms with van der Waals surface area (Å²) in [5.41, 5.74) is 0.804. The van der Waals surface area contributed by atoms with Crippen molar-refractivity contribution in [2.75, 3.05) is 7.11 Å². The molecule has 0 bridgehead atoms. The second kappa shape index (κ2) is 5.26. The Bertz CT molecular complexity index is 510. The van der Waals surface area contributed by atoms with Crippen LogP contribution in [0.5, 0.6) is 5.75 Å². The van der Waals surface area contributed by atoms with Crippen molar-refractivity contribution >= 4 is 5.97 Å². The summed E-state index contributed by atoms with van der Waals surface area (Å²) in [6.07, 6.45) is 0.848. The minimum atomic E-state index is -0.645. The Labute approximate surface area is 103 Å². The van der Waals surface area contributed by atoms with Crippen LogP contribution in [0, 0.1) is 0 Å². The van der Waals surface area contributed by atoms with E-state index in [1.165, 1.54) is 18.1 Å². The SMILES string of the molecule is COC(=O)[C@@H](C)Oc1ccc(-n2cnnn2)cc1. The van der Waals surface area contributed by atoms with Gasteiger partial charge >= 0.3 is 5.97 Å². The Balaban J connectivity index is 2.06. The van der Waals surface area contributed by atoms with Crippen molar-refractivity contribution in [3.63, 3.8) is 0 Å². The average molecular weight is 248 g/mol. The molecule has 0 spiro atoms. The monoisotopic (exact) mass is 248 g/mol. The minimum absolute atomic E-state index is 0.417. The van der Waals surface area contributed by atoms with Gasteiger partial charge in [-0.05, 0) is 41.6 Å². The van der Waals surface area contributed by atoms with Crippen molar-refractivity contribution in [3.8, 4) is 11.4 Å². The van der Waals surface area contributed by atoms with Crippen molar-refractivity contribution in [1.82, 2.24) is 20.2 Å². The Hall–Kier alpha value is -2.44. The van der Waals surface area contributed by atoms with E-state index in [9.17, 15) is 4.79 Å². The van der Waals surface area contributed by atoms with Crippen LogP contribution in [0.4, 0.5) is 0 Å². The number of carbonyl (C=O) groups is 1. The lowest BCUT2D eigenvalue weighted by Crippen LogP contribution is -2.24. The average Bonchev–Trinajstić information content (AvgIpc) is 2.92. The molecule has 0 aliphatic carbocycles. The van der Waals surface area contributed by atoms with Crippen LogP contribution in [-0.4, -0.2) is 39.4 Å². The standard InChI is InChI=1S/C11H12N4O3/c1-8(11(16)17-2)18-10-5-3-9(4-6-10)15-7-12-13-14-15/h3-8H,1-2H3/t8-/m1/s1. The van der Waals surface area contributed by atoms with E-state index in [2.05, 4.69) is 20.3 Å². The number of aromatic nitrogens is 4. The maximum Gasteiger partial charge on any atom is 0.346 e. The fourth-order valence-electron chi connectivity index (χ4n) is 1.38. The van der Waals surface area contributed by atoms with E-state index >= 15 is 0 Å². The number of carbonyl (C=O) groups excluding carboxylic acids is 1. The number of benzene rings is 1. The highest BCUT2D eigenvalue weighted by Crippen LogP contribution is 2.15. The van der Waals surface area contributed by atoms with Gasteiger partial charge < -0.3 is 9.47 Å². The first-order valence-electron chi connectivity index (χ1n) is 5.28. The summed E-state index contributed by atoms with van der Waals surface area (Å²) in [6, 6.07) is 7.04. The zero-order chi connectivity index (χ0) is 13.0. The second-order valence-corrected chi connectivity index (χ2v) is 3.53. The zero-order valence-electron chi connectivity index (χ0n) is 9.98. The van der Waals surface area contributed by atoms with Gasteiger partial charge in [-0.25, -0.2) is 9.48 Å². The number of ether oxygens (including phenoxy) is 2. The van der Waals surface area contributed by atoms with Crippen LogP contribution in [0.3, 0.4) is 0 Å². The number of rotatable bonds is 4. The van der Waals surface area contributed by atoms with Crippen LogP contribution in [0.1, 0.15) is 6.92 Å². The molecule has 18 heavy (non-hydrogen) atoms. The quantitative estimate of drug-likeness (QED) is 0.737. The lowest BCUT2D eigenvalue weighted by atomic mass is 10.3. The van der Waals surface area contributed by atoms with Crippen molar-refractivity contribution < 1.29 is 14.3 Å². The molecular formula is C11H12N4O3. The van der Waals surface area contributed by atoms with Crippen LogP contribution in [0.15, 0.2) is 30.6 Å². The van der Waals surface area contributed by atoms with Crippen LogP contribution >= 0.6 is 0 Å². The number of esters is 1. The molecule has 0 saturated heterocycles. The largest absolute Gasteiger partial charge is 0.479 e. The molecule has 0 saturated carbocycles. The van der Waals surface area contributed by atoms with E-state index in [0.29, 0.717) is 5.75 Å². The molecule has 2 rings (SSSR count).